The van der Waals surface area contributed by atoms with Crippen molar-refractivity contribution >= 4 is 11.9 Å². The van der Waals surface area contributed by atoms with E-state index in [1.54, 1.807) is 0 Å². The molecule has 1 atom stereocenters. The average Bonchev–Trinajstić information content (AvgIpc) is 2.98. The SMILES string of the molecule is CC(C)C(OC(=O)c1ccc(F)cc1CC1(C)CCCC1)C(F)(F)C(=O)[O-]. The van der Waals surface area contributed by atoms with Crippen LogP contribution in [0.3, 0.4) is 0 Å². The van der Waals surface area contributed by atoms with Gasteiger partial charge in [0.15, 0.2) is 6.10 Å². The molecule has 1 aromatic carbocycles. The Labute approximate surface area is 156 Å². The minimum absolute atomic E-state index is 0.0238. The van der Waals surface area contributed by atoms with Crippen LogP contribution in [-0.4, -0.2) is 24.0 Å². The van der Waals surface area contributed by atoms with Gasteiger partial charge >= 0.3 is 11.9 Å². The van der Waals surface area contributed by atoms with Crippen molar-refractivity contribution in [1.82, 2.24) is 0 Å². The van der Waals surface area contributed by atoms with E-state index in [2.05, 4.69) is 0 Å². The van der Waals surface area contributed by atoms with E-state index in [4.69, 9.17) is 4.74 Å². The molecule has 0 spiro atoms. The van der Waals surface area contributed by atoms with Crippen LogP contribution in [0.1, 0.15) is 62.4 Å². The summed E-state index contributed by atoms with van der Waals surface area (Å²) in [5, 5.41) is 10.8. The molecule has 0 aliphatic heterocycles. The zero-order chi connectivity index (χ0) is 20.4. The number of carboxylic acids is 1. The number of benzene rings is 1. The normalized spacial score (nSPS) is 17.7. The molecule has 0 saturated heterocycles. The zero-order valence-corrected chi connectivity index (χ0v) is 15.7. The number of halogens is 3. The van der Waals surface area contributed by atoms with Crippen molar-refractivity contribution in [2.45, 2.75) is 64.9 Å². The predicted molar refractivity (Wildman–Crippen MR) is 90.7 cm³/mol. The largest absolute Gasteiger partial charge is 0.544 e. The fourth-order valence-electron chi connectivity index (χ4n) is 3.70. The van der Waals surface area contributed by atoms with Gasteiger partial charge in [-0.05, 0) is 54.4 Å². The maximum absolute atomic E-state index is 13.9. The second kappa shape index (κ2) is 7.90. The van der Waals surface area contributed by atoms with Gasteiger partial charge in [0.05, 0.1) is 5.56 Å². The Kier molecular flexibility index (Phi) is 6.22. The van der Waals surface area contributed by atoms with Gasteiger partial charge in [-0.1, -0.05) is 33.6 Å². The van der Waals surface area contributed by atoms with Crippen LogP contribution in [0.5, 0.6) is 0 Å². The fraction of sp³-hybridized carbons (Fsp3) is 0.600. The van der Waals surface area contributed by atoms with Crippen molar-refractivity contribution in [3.05, 3.63) is 35.1 Å². The van der Waals surface area contributed by atoms with Crippen LogP contribution < -0.4 is 5.11 Å². The van der Waals surface area contributed by atoms with E-state index < -0.39 is 35.7 Å². The lowest BCUT2D eigenvalue weighted by Gasteiger charge is -2.30. The molecule has 0 aromatic heterocycles. The molecule has 7 heteroatoms. The topological polar surface area (TPSA) is 66.4 Å². The van der Waals surface area contributed by atoms with E-state index in [9.17, 15) is 27.9 Å². The third-order valence-corrected chi connectivity index (χ3v) is 5.18. The third-order valence-electron chi connectivity index (χ3n) is 5.18. The van der Waals surface area contributed by atoms with E-state index in [0.29, 0.717) is 12.0 Å². The first-order valence-electron chi connectivity index (χ1n) is 9.05. The predicted octanol–water partition coefficient (Wildman–Crippen LogP) is 3.52. The minimum Gasteiger partial charge on any atom is -0.544 e. The summed E-state index contributed by atoms with van der Waals surface area (Å²) in [5.74, 6) is -9.53. The molecule has 27 heavy (non-hydrogen) atoms. The molecule has 1 aliphatic rings. The fourth-order valence-corrected chi connectivity index (χ4v) is 3.70. The van der Waals surface area contributed by atoms with Crippen molar-refractivity contribution in [1.29, 1.82) is 0 Å². The minimum atomic E-state index is -4.33. The standard InChI is InChI=1S/C20H25F3O4/c1-12(2)16(20(22,23)18(25)26)27-17(24)15-7-6-14(21)10-13(15)11-19(3)8-4-5-9-19/h6-7,10,12,16H,4-5,8-9,11H2,1-3H3,(H,25,26)/p-1. The molecule has 0 amide bonds. The molecule has 150 valence electrons. The number of carbonyl (C=O) groups excluding carboxylic acids is 2. The van der Waals surface area contributed by atoms with Gasteiger partial charge in [0.2, 0.25) is 0 Å². The van der Waals surface area contributed by atoms with Gasteiger partial charge in [0.1, 0.15) is 11.8 Å². The highest BCUT2D eigenvalue weighted by atomic mass is 19.3. The molecular weight excluding hydrogens is 361 g/mol. The quantitative estimate of drug-likeness (QED) is 0.674. The van der Waals surface area contributed by atoms with Gasteiger partial charge in [-0.2, -0.15) is 8.78 Å². The Morgan fingerprint density at radius 1 is 1.26 bits per heavy atom. The summed E-state index contributed by atoms with van der Waals surface area (Å²) in [7, 11) is 0. The van der Waals surface area contributed by atoms with E-state index in [1.807, 2.05) is 6.92 Å². The molecule has 0 heterocycles. The number of hydrogen-bond donors (Lipinski definition) is 0. The van der Waals surface area contributed by atoms with Crippen LogP contribution >= 0.6 is 0 Å². The second-order valence-corrected chi connectivity index (χ2v) is 7.98. The lowest BCUT2D eigenvalue weighted by atomic mass is 9.81. The van der Waals surface area contributed by atoms with Crippen molar-refractivity contribution in [2.24, 2.45) is 11.3 Å². The molecule has 0 radical (unpaired) electrons. The average molecular weight is 385 g/mol. The molecule has 1 aromatic rings. The molecule has 0 N–H and O–H groups in total. The van der Waals surface area contributed by atoms with Crippen LogP contribution in [0.4, 0.5) is 13.2 Å². The highest BCUT2D eigenvalue weighted by Gasteiger charge is 2.46. The molecule has 1 aliphatic carbocycles. The van der Waals surface area contributed by atoms with Gasteiger partial charge in [-0.15, -0.1) is 0 Å². The molecule has 4 nitrogen and oxygen atoms in total. The first-order valence-corrected chi connectivity index (χ1v) is 9.05. The second-order valence-electron chi connectivity index (χ2n) is 7.98. The molecule has 0 bridgehead atoms. The first-order chi connectivity index (χ1) is 12.5. The van der Waals surface area contributed by atoms with Crippen molar-refractivity contribution in [3.8, 4) is 0 Å². The zero-order valence-electron chi connectivity index (χ0n) is 15.7. The van der Waals surface area contributed by atoms with Crippen LogP contribution in [0, 0.1) is 17.2 Å². The number of carboxylic acid groups (broad SMARTS) is 1. The van der Waals surface area contributed by atoms with Crippen LogP contribution in [0.2, 0.25) is 0 Å². The monoisotopic (exact) mass is 385 g/mol. The van der Waals surface area contributed by atoms with E-state index in [0.717, 1.165) is 31.7 Å². The van der Waals surface area contributed by atoms with Crippen LogP contribution in [0.25, 0.3) is 0 Å². The number of carbonyl (C=O) groups is 2. The molecule has 2 rings (SSSR count). The van der Waals surface area contributed by atoms with Gasteiger partial charge in [0.25, 0.3) is 0 Å². The summed E-state index contributed by atoms with van der Waals surface area (Å²) in [6.45, 7) is 4.68. The third kappa shape index (κ3) is 4.82. The Hall–Kier alpha value is -2.05. The lowest BCUT2D eigenvalue weighted by Crippen LogP contribution is -2.53. The van der Waals surface area contributed by atoms with Crippen LogP contribution in [0.15, 0.2) is 18.2 Å². The number of rotatable bonds is 7. The highest BCUT2D eigenvalue weighted by molar-refractivity contribution is 5.91. The number of esters is 1. The molecule has 1 saturated carbocycles. The maximum Gasteiger partial charge on any atom is 0.338 e. The number of ether oxygens (including phenoxy) is 1. The van der Waals surface area contributed by atoms with E-state index in [-0.39, 0.29) is 11.0 Å². The molecule has 1 unspecified atom stereocenters. The van der Waals surface area contributed by atoms with Gasteiger partial charge in [0, 0.05) is 0 Å². The summed E-state index contributed by atoms with van der Waals surface area (Å²) in [4.78, 5) is 23.3. The Morgan fingerprint density at radius 2 is 1.85 bits per heavy atom. The molecule has 1 fully saturated rings. The van der Waals surface area contributed by atoms with Gasteiger partial charge < -0.3 is 14.6 Å². The van der Waals surface area contributed by atoms with Crippen molar-refractivity contribution in [2.75, 3.05) is 0 Å². The van der Waals surface area contributed by atoms with Crippen molar-refractivity contribution in [3.63, 3.8) is 0 Å². The highest BCUT2D eigenvalue weighted by Crippen LogP contribution is 2.41. The smallest absolute Gasteiger partial charge is 0.338 e. The Morgan fingerprint density at radius 3 is 2.37 bits per heavy atom. The van der Waals surface area contributed by atoms with Gasteiger partial charge in [-0.25, -0.2) is 9.18 Å². The Bertz CT molecular complexity index is 709. The summed E-state index contributed by atoms with van der Waals surface area (Å²) in [6, 6.07) is 3.46. The first kappa shape index (κ1) is 21.3. The van der Waals surface area contributed by atoms with Crippen molar-refractivity contribution < 1.29 is 32.6 Å². The number of alkyl halides is 2. The molecular formula is C20H24F3O4-. The maximum atomic E-state index is 13.9. The summed E-state index contributed by atoms with van der Waals surface area (Å²) >= 11 is 0. The Balaban J connectivity index is 2.31. The lowest BCUT2D eigenvalue weighted by molar-refractivity contribution is -0.337. The van der Waals surface area contributed by atoms with E-state index in [1.165, 1.54) is 26.0 Å². The summed E-state index contributed by atoms with van der Waals surface area (Å²) < 4.78 is 46.4. The van der Waals surface area contributed by atoms with Gasteiger partial charge in [-0.3, -0.25) is 0 Å². The summed E-state index contributed by atoms with van der Waals surface area (Å²) in [6.07, 6.45) is 2.16. The summed E-state index contributed by atoms with van der Waals surface area (Å²) in [5.41, 5.74) is 0.253. The number of hydrogen-bond acceptors (Lipinski definition) is 4. The number of aliphatic carboxylic acids is 1. The van der Waals surface area contributed by atoms with E-state index >= 15 is 0 Å². The van der Waals surface area contributed by atoms with Crippen LogP contribution in [-0.2, 0) is 16.0 Å².